The summed E-state index contributed by atoms with van der Waals surface area (Å²) in [5.41, 5.74) is 18.6. The number of anilines is 3. The third-order valence-electron chi connectivity index (χ3n) is 20.9. The number of carbonyl (C=O) groups excluding carboxylic acids is 9. The van der Waals surface area contributed by atoms with Crippen molar-refractivity contribution in [3.8, 4) is 11.3 Å². The number of carboxylic acid groups (broad SMARTS) is 5. The summed E-state index contributed by atoms with van der Waals surface area (Å²) in [6.07, 6.45) is 4.42. The smallest absolute Gasteiger partial charge is 0.327 e. The van der Waals surface area contributed by atoms with E-state index in [0.29, 0.717) is 52.9 Å². The van der Waals surface area contributed by atoms with Gasteiger partial charge >= 0.3 is 29.8 Å². The summed E-state index contributed by atoms with van der Waals surface area (Å²) in [6, 6.07) is 6.23. The molecule has 3 aliphatic heterocycles. The van der Waals surface area contributed by atoms with Gasteiger partial charge in [-0.1, -0.05) is 41.7 Å². The van der Waals surface area contributed by atoms with Gasteiger partial charge < -0.3 is 99.1 Å². The van der Waals surface area contributed by atoms with Crippen molar-refractivity contribution in [1.29, 1.82) is 0 Å². The third kappa shape index (κ3) is 34.9. The number of H-pyrrole nitrogens is 1. The molecule has 9 amide bonds. The highest BCUT2D eigenvalue weighted by atomic mass is 32.2. The summed E-state index contributed by atoms with van der Waals surface area (Å²) in [4.78, 5) is 208. The van der Waals surface area contributed by atoms with Gasteiger partial charge in [0.2, 0.25) is 46.7 Å². The molecule has 0 spiro atoms. The number of imide groups is 1. The molecule has 0 radical (unpaired) electrons. The van der Waals surface area contributed by atoms with Crippen LogP contribution in [0.2, 0.25) is 0 Å². The third-order valence-corrected chi connectivity index (χ3v) is 23.7. The number of aromatic nitrogens is 4. The Kier molecular flexibility index (Phi) is 42.4. The zero-order valence-corrected chi connectivity index (χ0v) is 77.2. The first-order valence-electron chi connectivity index (χ1n) is 41.8. The lowest BCUT2D eigenvalue weighted by molar-refractivity contribution is -0.144. The fourth-order valence-corrected chi connectivity index (χ4v) is 15.9. The molecule has 5 heterocycles. The predicted molar refractivity (Wildman–Crippen MR) is 501 cm³/mol. The Morgan fingerprint density at radius 2 is 1.27 bits per heavy atom. The van der Waals surface area contributed by atoms with Crippen molar-refractivity contribution in [2.24, 2.45) is 16.5 Å². The molecule has 7 unspecified atom stereocenters. The van der Waals surface area contributed by atoms with E-state index in [-0.39, 0.29) is 131 Å². The van der Waals surface area contributed by atoms with Gasteiger partial charge in [-0.05, 0) is 136 Å². The summed E-state index contributed by atoms with van der Waals surface area (Å²) in [5.74, 6) is -17.8. The Hall–Kier alpha value is -14.2. The number of nitrogen functional groups attached to an aromatic ring is 1. The minimum Gasteiger partial charge on any atom is -0.748 e. The van der Waals surface area contributed by atoms with Gasteiger partial charge in [-0.3, -0.25) is 86.3 Å². The number of fused-ring (bicyclic) bond motifs is 3. The van der Waals surface area contributed by atoms with Crippen LogP contribution in [0.4, 0.5) is 17.3 Å². The summed E-state index contributed by atoms with van der Waals surface area (Å²) < 4.78 is 110. The zero-order valence-electron chi connectivity index (χ0n) is 73.9. The molecule has 0 bridgehead atoms. The van der Waals surface area contributed by atoms with Crippen molar-refractivity contribution in [2.45, 2.75) is 185 Å². The van der Waals surface area contributed by atoms with E-state index in [1.807, 2.05) is 58.2 Å². The van der Waals surface area contributed by atoms with Crippen molar-refractivity contribution in [3.63, 3.8) is 0 Å². The first-order chi connectivity index (χ1) is 63.7. The normalized spacial score (nSPS) is 15.4. The SMILES string of the molecule is C.C.CC[N+](CCCS(=O)(=O)[O-])=c1ccc2c(C(C)(C)C)cc(/C=C/C=C3\N(CCCS(=O)(=O)O)c4ccc(S(=O)(=O)O)cc4C3(C)CCCC(=O)NCCN3C(=O)C=CC3=O)oc-2c1.NC(N)=NCCCC(NC(=O)C(CC(=O)O)NC(=O)CCC(NC(=O)c1ccc(NCc2cnc3nc(N)[nH]c(=O)c3n2)cc1)C(=O)O)C(=O)NC(CC(=O)O)C(=O)NC(CC(=O)O)C(=O)NC(CS)C(=O)O. The monoisotopic (exact) mass is 2010 g/mol. The van der Waals surface area contributed by atoms with Crippen LogP contribution in [0.5, 0.6) is 0 Å². The second kappa shape index (κ2) is 51.1. The summed E-state index contributed by atoms with van der Waals surface area (Å²) in [6.45, 7) is 10.9. The van der Waals surface area contributed by atoms with Gasteiger partial charge in [-0.15, -0.1) is 0 Å². The number of carbonyl (C=O) groups is 14. The lowest BCUT2D eigenvalue weighted by atomic mass is 9.77. The maximum absolute atomic E-state index is 13.7. The molecule has 53 heteroatoms. The second-order valence-corrected chi connectivity index (χ2v) is 37.1. The van der Waals surface area contributed by atoms with Gasteiger partial charge in [0.25, 0.3) is 43.5 Å². The van der Waals surface area contributed by atoms with Crippen LogP contribution in [-0.4, -0.2) is 271 Å². The molecule has 2 aromatic carbocycles. The maximum atomic E-state index is 13.7. The van der Waals surface area contributed by atoms with Crippen molar-refractivity contribution < 1.29 is 136 Å². The van der Waals surface area contributed by atoms with Crippen LogP contribution in [0.25, 0.3) is 28.6 Å². The fraction of sp³-hybridized carbons (Fsp3) is 0.435. The van der Waals surface area contributed by atoms with Crippen molar-refractivity contribution in [2.75, 3.05) is 72.5 Å². The number of thiol groups is 1. The van der Waals surface area contributed by atoms with Crippen LogP contribution >= 0.6 is 12.6 Å². The van der Waals surface area contributed by atoms with Crippen LogP contribution in [-0.2, 0) is 110 Å². The van der Waals surface area contributed by atoms with Crippen LogP contribution in [0.15, 0.2) is 122 Å². The van der Waals surface area contributed by atoms with E-state index in [9.17, 15) is 136 Å². The molecule has 0 fully saturated rings. The number of benzene rings is 3. The number of aliphatic imine (C=N–C) groups is 1. The van der Waals surface area contributed by atoms with Crippen LogP contribution in [0.3, 0.4) is 0 Å². The maximum Gasteiger partial charge on any atom is 0.327 e. The number of aliphatic carboxylic acids is 5. The molecule has 752 valence electrons. The number of carboxylic acids is 5. The molecule has 138 heavy (non-hydrogen) atoms. The lowest BCUT2D eigenvalue weighted by Crippen LogP contribution is -2.59. The van der Waals surface area contributed by atoms with E-state index in [0.717, 1.165) is 33.5 Å². The summed E-state index contributed by atoms with van der Waals surface area (Å²) in [7, 11) is -13.3. The number of nitrogens with one attached hydrogen (secondary N) is 9. The largest absolute Gasteiger partial charge is 0.748 e. The number of allylic oxidation sites excluding steroid dienone is 3. The first-order valence-corrected chi connectivity index (χ1v) is 47.0. The first kappa shape index (κ1) is 114. The van der Waals surface area contributed by atoms with E-state index in [1.165, 1.54) is 48.7 Å². The number of guanidine groups is 1. The topological polar surface area (TPSA) is 787 Å². The van der Waals surface area contributed by atoms with Crippen molar-refractivity contribution in [1.82, 2.24) is 66.6 Å². The standard InChI is InChI=1S/C43H54N4O13S3.C40H51N15O17S.2CH4/c1-6-45(22-9-25-61(51,52)53)30-14-16-33-34(42(2,3)4)28-31(60-37(33)27-30)11-7-12-38-43(5,20-8-13-39(48)44-21-24-47-40(49)18-19-41(47)50)35-29-32(63(57,58)59)15-17-36(35)46(38)23-10-26-62(54,55)56;41-39(42)44-9-1-2-19(32(64)51-22(11-27(59)60)34(66)52-23(12-28(61)62)35(67)53-24(15-73)38(71)72)49-33(65)21(10-26(57)58)48-25(56)8-7-20(37(69)70)50-31(63)16-3-5-17(6-4-16)45-13-18-14-46-30-29(47-18)36(68)55-40(43)54-30;;/h7,11-12,14-19,27-29H,6,8-10,13,20-26H2,1-5H3,(H3-,44,48,51,52,53,54,55,56,57,58,59);3-6,14,19-24,45,73H,1-2,7-13,15H2,(H,48,56)(H,49,65)(H,50,63)(H,51,64)(H,52,66)(H,53,67)(H,57,58)(H,59,60)(H,61,62)(H,69,70)(H,71,72)(H4,41,42,44)(H3,43,46,54,55,68);2*1H4. The van der Waals surface area contributed by atoms with Crippen LogP contribution in [0.1, 0.15) is 159 Å². The van der Waals surface area contributed by atoms with Crippen LogP contribution < -0.4 is 80.1 Å². The number of nitrogens with zero attached hydrogens (tertiary/aromatic N) is 7. The number of rotatable bonds is 49. The van der Waals surface area contributed by atoms with Gasteiger partial charge in [-0.25, -0.2) is 32.6 Å². The Labute approximate surface area is 796 Å². The molecule has 2 aromatic heterocycles. The molecular formula is C85H113N19O30S4. The molecule has 0 saturated heterocycles. The summed E-state index contributed by atoms with van der Waals surface area (Å²) in [5, 5.41) is 66.6. The highest BCUT2D eigenvalue weighted by molar-refractivity contribution is 7.86. The van der Waals surface area contributed by atoms with E-state index in [1.54, 1.807) is 18.2 Å². The van der Waals surface area contributed by atoms with Gasteiger partial charge in [-0.2, -0.15) is 34.4 Å². The Balaban J connectivity index is 0.000000484. The predicted octanol–water partition coefficient (Wildman–Crippen LogP) is -0.121. The molecule has 22 N–H and O–H groups in total. The van der Waals surface area contributed by atoms with E-state index >= 15 is 0 Å². The van der Waals surface area contributed by atoms with E-state index in [4.69, 9.17) is 21.6 Å². The number of amides is 9. The number of nitrogens with two attached hydrogens (primary N) is 3. The average molecular weight is 2010 g/mol. The van der Waals surface area contributed by atoms with Gasteiger partial charge in [0, 0.05) is 109 Å². The fourth-order valence-electron chi connectivity index (χ4n) is 14.2. The summed E-state index contributed by atoms with van der Waals surface area (Å²) >= 11 is 3.78. The number of hydrogen-bond donors (Lipinski definition) is 20. The zero-order chi connectivity index (χ0) is 101. The van der Waals surface area contributed by atoms with Crippen molar-refractivity contribution in [3.05, 3.63) is 147 Å². The highest BCUT2D eigenvalue weighted by Crippen LogP contribution is 2.52. The molecule has 4 aromatic rings. The number of aromatic amines is 1. The van der Waals surface area contributed by atoms with E-state index in [2.05, 4.69) is 90.2 Å². The van der Waals surface area contributed by atoms with Crippen LogP contribution in [0, 0.1) is 0 Å². The highest BCUT2D eigenvalue weighted by Gasteiger charge is 2.45. The van der Waals surface area contributed by atoms with Gasteiger partial charge in [0.15, 0.2) is 17.1 Å². The van der Waals surface area contributed by atoms with Gasteiger partial charge in [0.1, 0.15) is 60.9 Å². The minimum atomic E-state index is -4.65. The molecule has 1 aliphatic carbocycles. The molecule has 49 nitrogen and oxygen atoms in total. The molecule has 0 saturated carbocycles. The Morgan fingerprint density at radius 3 is 1.82 bits per heavy atom. The Morgan fingerprint density at radius 1 is 0.681 bits per heavy atom. The minimum absolute atomic E-state index is 0. The number of hydrogen-bond acceptors (Lipinski definition) is 31. The molecule has 4 aliphatic rings. The quantitative estimate of drug-likeness (QED) is 0.00450. The average Bonchev–Trinajstić information content (AvgIpc) is 1.57. The van der Waals surface area contributed by atoms with Gasteiger partial charge in [0.05, 0.1) is 64.5 Å². The van der Waals surface area contributed by atoms with E-state index < -0.39 is 210 Å². The van der Waals surface area contributed by atoms with Crippen molar-refractivity contribution >= 4 is 167 Å². The molecule has 7 atom stereocenters. The molecule has 8 rings (SSSR count). The lowest BCUT2D eigenvalue weighted by Gasteiger charge is -2.30. The Bertz CT molecular complexity index is 6120. The molecular weight excluding hydrogens is 1900 g/mol. The second-order valence-electron chi connectivity index (χ2n) is 32.2.